The standard InChI is InChI=1S/C26H27ClN4O2/c1-15-10-21(32)23-22(15)25(30-14-29-23)31-13-26(8-9-28-12-26)19-11-17(4-7-20(19)31)24(33)16-2-5-18(27)6-3-16/h2-7,11,14-15,21,24,28,32-33H,8-10,12-13H2,1H3/t15-,21+,24-,26?/m0/s1. The van der Waals surface area contributed by atoms with Gasteiger partial charge in [-0.15, -0.1) is 0 Å². The maximum absolute atomic E-state index is 11.1. The number of aliphatic hydroxyl groups is 2. The van der Waals surface area contributed by atoms with Gasteiger partial charge in [0.05, 0.1) is 11.8 Å². The molecule has 6 rings (SSSR count). The van der Waals surface area contributed by atoms with Crippen molar-refractivity contribution >= 4 is 23.1 Å². The van der Waals surface area contributed by atoms with E-state index in [1.165, 1.54) is 5.56 Å². The van der Waals surface area contributed by atoms with Crippen LogP contribution in [0.15, 0.2) is 48.8 Å². The Morgan fingerprint density at radius 1 is 1.15 bits per heavy atom. The normalized spacial score (nSPS) is 26.6. The van der Waals surface area contributed by atoms with Crippen molar-refractivity contribution in [2.24, 2.45) is 0 Å². The van der Waals surface area contributed by atoms with Crippen molar-refractivity contribution in [3.63, 3.8) is 0 Å². The molecule has 0 amide bonds. The summed E-state index contributed by atoms with van der Waals surface area (Å²) in [5.74, 6) is 1.11. The lowest BCUT2D eigenvalue weighted by molar-refractivity contribution is 0.170. The SMILES string of the molecule is C[C@H]1C[C@@H](O)c2ncnc(N3CC4(CCNC4)c4cc([C@@H](O)c5ccc(Cl)cc5)ccc43)c21. The molecule has 2 aliphatic heterocycles. The molecule has 4 atom stereocenters. The third kappa shape index (κ3) is 3.28. The largest absolute Gasteiger partial charge is 0.387 e. The highest BCUT2D eigenvalue weighted by Crippen LogP contribution is 2.51. The third-order valence-electron chi connectivity index (χ3n) is 7.62. The molecule has 0 bridgehead atoms. The van der Waals surface area contributed by atoms with Crippen LogP contribution in [-0.4, -0.2) is 39.8 Å². The highest BCUT2D eigenvalue weighted by atomic mass is 35.5. The molecule has 1 aliphatic carbocycles. The van der Waals surface area contributed by atoms with Crippen LogP contribution < -0.4 is 10.2 Å². The average molecular weight is 463 g/mol. The molecule has 0 radical (unpaired) electrons. The summed E-state index contributed by atoms with van der Waals surface area (Å²) in [6, 6.07) is 13.6. The quantitative estimate of drug-likeness (QED) is 0.543. The molecule has 170 valence electrons. The summed E-state index contributed by atoms with van der Waals surface area (Å²) in [6.07, 6.45) is 2.04. The van der Waals surface area contributed by atoms with Crippen LogP contribution in [-0.2, 0) is 5.41 Å². The molecule has 33 heavy (non-hydrogen) atoms. The number of aromatic nitrogens is 2. The molecule has 0 saturated carbocycles. The summed E-state index contributed by atoms with van der Waals surface area (Å²) >= 11 is 6.03. The van der Waals surface area contributed by atoms with Gasteiger partial charge < -0.3 is 20.4 Å². The second kappa shape index (κ2) is 7.77. The Hall–Kier alpha value is -2.51. The molecule has 1 saturated heterocycles. The van der Waals surface area contributed by atoms with Gasteiger partial charge in [-0.3, -0.25) is 0 Å². The van der Waals surface area contributed by atoms with Gasteiger partial charge in [-0.1, -0.05) is 42.8 Å². The number of benzene rings is 2. The molecular formula is C26H27ClN4O2. The summed E-state index contributed by atoms with van der Waals surface area (Å²) in [6.45, 7) is 4.82. The smallest absolute Gasteiger partial charge is 0.140 e. The molecule has 1 fully saturated rings. The number of hydrogen-bond donors (Lipinski definition) is 3. The zero-order valence-corrected chi connectivity index (χ0v) is 19.3. The number of hydrogen-bond acceptors (Lipinski definition) is 6. The van der Waals surface area contributed by atoms with Crippen LogP contribution in [0, 0.1) is 0 Å². The van der Waals surface area contributed by atoms with Crippen molar-refractivity contribution in [2.45, 2.75) is 43.3 Å². The first-order valence-corrected chi connectivity index (χ1v) is 11.9. The molecule has 3 aliphatic rings. The predicted molar refractivity (Wildman–Crippen MR) is 128 cm³/mol. The number of rotatable bonds is 3. The minimum absolute atomic E-state index is 0.0383. The Balaban J connectivity index is 1.45. The maximum Gasteiger partial charge on any atom is 0.140 e. The fourth-order valence-electron chi connectivity index (χ4n) is 5.91. The van der Waals surface area contributed by atoms with Crippen molar-refractivity contribution < 1.29 is 10.2 Å². The average Bonchev–Trinajstić information content (AvgIpc) is 3.51. The molecular weight excluding hydrogens is 436 g/mol. The van der Waals surface area contributed by atoms with Crippen molar-refractivity contribution in [2.75, 3.05) is 24.5 Å². The molecule has 2 aromatic carbocycles. The van der Waals surface area contributed by atoms with E-state index in [2.05, 4.69) is 34.3 Å². The summed E-state index contributed by atoms with van der Waals surface area (Å²) in [5.41, 5.74) is 5.85. The monoisotopic (exact) mass is 462 g/mol. The summed E-state index contributed by atoms with van der Waals surface area (Å²) in [4.78, 5) is 11.4. The minimum Gasteiger partial charge on any atom is -0.387 e. The van der Waals surface area contributed by atoms with Crippen LogP contribution in [0.3, 0.4) is 0 Å². The molecule has 6 nitrogen and oxygen atoms in total. The Labute approximate surface area is 198 Å². The fraction of sp³-hybridized carbons (Fsp3) is 0.385. The first-order valence-electron chi connectivity index (χ1n) is 11.6. The van der Waals surface area contributed by atoms with Crippen LogP contribution in [0.2, 0.25) is 5.02 Å². The van der Waals surface area contributed by atoms with Gasteiger partial charge in [0, 0.05) is 34.8 Å². The van der Waals surface area contributed by atoms with Crippen LogP contribution in [0.5, 0.6) is 0 Å². The fourth-order valence-corrected chi connectivity index (χ4v) is 6.04. The van der Waals surface area contributed by atoms with Gasteiger partial charge in [0.15, 0.2) is 0 Å². The molecule has 1 aromatic heterocycles. The van der Waals surface area contributed by atoms with Crippen molar-refractivity contribution in [3.8, 4) is 0 Å². The van der Waals surface area contributed by atoms with Gasteiger partial charge in [-0.2, -0.15) is 0 Å². The zero-order valence-electron chi connectivity index (χ0n) is 18.5. The van der Waals surface area contributed by atoms with Gasteiger partial charge in [0.1, 0.15) is 18.2 Å². The van der Waals surface area contributed by atoms with E-state index >= 15 is 0 Å². The van der Waals surface area contributed by atoms with E-state index in [0.29, 0.717) is 11.4 Å². The van der Waals surface area contributed by atoms with Crippen LogP contribution in [0.1, 0.15) is 65.8 Å². The van der Waals surface area contributed by atoms with Crippen molar-refractivity contribution in [1.29, 1.82) is 0 Å². The second-order valence-electron chi connectivity index (χ2n) is 9.67. The Kier molecular flexibility index (Phi) is 4.96. The predicted octanol–water partition coefficient (Wildman–Crippen LogP) is 4.14. The lowest BCUT2D eigenvalue weighted by Gasteiger charge is -2.26. The van der Waals surface area contributed by atoms with E-state index in [-0.39, 0.29) is 11.3 Å². The first-order chi connectivity index (χ1) is 16.0. The van der Waals surface area contributed by atoms with Gasteiger partial charge in [0.2, 0.25) is 0 Å². The minimum atomic E-state index is -0.716. The molecule has 1 spiro atoms. The van der Waals surface area contributed by atoms with E-state index in [1.807, 2.05) is 30.3 Å². The van der Waals surface area contributed by atoms with Gasteiger partial charge in [-0.05, 0) is 60.2 Å². The Bertz CT molecular complexity index is 1210. The van der Waals surface area contributed by atoms with E-state index < -0.39 is 12.2 Å². The number of halogens is 1. The van der Waals surface area contributed by atoms with Crippen LogP contribution in [0.25, 0.3) is 0 Å². The molecule has 3 aromatic rings. The van der Waals surface area contributed by atoms with Crippen LogP contribution in [0.4, 0.5) is 11.5 Å². The maximum atomic E-state index is 11.1. The number of fused-ring (bicyclic) bond motifs is 3. The number of anilines is 2. The van der Waals surface area contributed by atoms with Gasteiger partial charge >= 0.3 is 0 Å². The Morgan fingerprint density at radius 3 is 2.70 bits per heavy atom. The lowest BCUT2D eigenvalue weighted by Crippen LogP contribution is -2.34. The third-order valence-corrected chi connectivity index (χ3v) is 7.88. The topological polar surface area (TPSA) is 81.5 Å². The first kappa shape index (κ1) is 21.1. The van der Waals surface area contributed by atoms with E-state index in [9.17, 15) is 10.2 Å². The number of nitrogens with zero attached hydrogens (tertiary/aromatic N) is 3. The van der Waals surface area contributed by atoms with Gasteiger partial charge in [-0.25, -0.2) is 9.97 Å². The second-order valence-corrected chi connectivity index (χ2v) is 10.1. The molecule has 1 unspecified atom stereocenters. The lowest BCUT2D eigenvalue weighted by atomic mass is 9.80. The summed E-state index contributed by atoms with van der Waals surface area (Å²) in [5, 5.41) is 25.8. The zero-order chi connectivity index (χ0) is 22.7. The highest BCUT2D eigenvalue weighted by molar-refractivity contribution is 6.30. The summed E-state index contributed by atoms with van der Waals surface area (Å²) in [7, 11) is 0. The molecule has 3 heterocycles. The van der Waals surface area contributed by atoms with Gasteiger partial charge in [0.25, 0.3) is 0 Å². The van der Waals surface area contributed by atoms with E-state index in [1.54, 1.807) is 6.33 Å². The van der Waals surface area contributed by atoms with E-state index in [4.69, 9.17) is 16.6 Å². The summed E-state index contributed by atoms with van der Waals surface area (Å²) < 4.78 is 0. The highest BCUT2D eigenvalue weighted by Gasteiger charge is 2.47. The Morgan fingerprint density at radius 2 is 1.94 bits per heavy atom. The number of nitrogens with one attached hydrogen (secondary N) is 1. The molecule has 3 N–H and O–H groups in total. The van der Waals surface area contributed by atoms with Crippen molar-refractivity contribution in [1.82, 2.24) is 15.3 Å². The number of aliphatic hydroxyl groups excluding tert-OH is 2. The van der Waals surface area contributed by atoms with E-state index in [0.717, 1.165) is 59.9 Å². The van der Waals surface area contributed by atoms with Crippen molar-refractivity contribution in [3.05, 3.63) is 81.8 Å². The van der Waals surface area contributed by atoms with Crippen LogP contribution >= 0.6 is 11.6 Å². The molecule has 7 heteroatoms.